The summed E-state index contributed by atoms with van der Waals surface area (Å²) in [5, 5.41) is -0.371. The highest BCUT2D eigenvalue weighted by atomic mass is 35.5. The normalized spacial score (nSPS) is 18.3. The third-order valence-electron chi connectivity index (χ3n) is 7.16. The van der Waals surface area contributed by atoms with Crippen LogP contribution in [0.15, 0.2) is 53.8 Å². The van der Waals surface area contributed by atoms with Crippen LogP contribution in [-0.4, -0.2) is 56.0 Å². The van der Waals surface area contributed by atoms with Crippen LogP contribution in [0.25, 0.3) is 0 Å². The van der Waals surface area contributed by atoms with E-state index in [4.69, 9.17) is 11.6 Å². The summed E-state index contributed by atoms with van der Waals surface area (Å²) in [6.45, 7) is 0.838. The SMILES string of the molecule is CN(C)[C@@]1(CCc2ccc(C(F)(F)F)c(Cl)c2)CCCN(c2cc(F)c(S(=O)(=O)Nc3ccncn3)c(F)c2)C1. The Hall–Kier alpha value is -3.03. The van der Waals surface area contributed by atoms with E-state index < -0.39 is 43.8 Å². The van der Waals surface area contributed by atoms with Crippen LogP contribution in [0, 0.1) is 11.6 Å². The summed E-state index contributed by atoms with van der Waals surface area (Å²) in [4.78, 5) is 10.0. The Morgan fingerprint density at radius 3 is 2.40 bits per heavy atom. The molecule has 0 amide bonds. The molecule has 2 heterocycles. The zero-order valence-corrected chi connectivity index (χ0v) is 23.2. The summed E-state index contributed by atoms with van der Waals surface area (Å²) in [6.07, 6.45) is 0.204. The van der Waals surface area contributed by atoms with Gasteiger partial charge >= 0.3 is 6.18 Å². The summed E-state index contributed by atoms with van der Waals surface area (Å²) in [5.74, 6) is -2.65. The van der Waals surface area contributed by atoms with Crippen molar-refractivity contribution in [1.82, 2.24) is 14.9 Å². The van der Waals surface area contributed by atoms with E-state index in [9.17, 15) is 21.6 Å². The third-order valence-corrected chi connectivity index (χ3v) is 8.88. The lowest BCUT2D eigenvalue weighted by atomic mass is 9.82. The van der Waals surface area contributed by atoms with Gasteiger partial charge in [0.2, 0.25) is 0 Å². The van der Waals surface area contributed by atoms with Crippen molar-refractivity contribution >= 4 is 33.1 Å². The van der Waals surface area contributed by atoms with E-state index in [1.54, 1.807) is 4.90 Å². The topological polar surface area (TPSA) is 78.4 Å². The highest BCUT2D eigenvalue weighted by Gasteiger charge is 2.38. The van der Waals surface area contributed by atoms with Crippen LogP contribution < -0.4 is 9.62 Å². The number of aromatic nitrogens is 2. The van der Waals surface area contributed by atoms with Crippen molar-refractivity contribution in [2.75, 3.05) is 36.8 Å². The van der Waals surface area contributed by atoms with E-state index in [1.165, 1.54) is 24.4 Å². The standard InChI is InChI=1S/C26H27ClF5N5O2S/c1-36(2)25(9-6-17-4-5-19(20(27)12-17)26(30,31)32)8-3-11-37(15-25)18-13-21(28)24(22(29)14-18)40(38,39)35-23-7-10-33-16-34-23/h4-5,7,10,12-14,16H,3,6,8-9,11,15H2,1-2H3,(H,33,34,35)/t25-/m1/s1. The molecule has 0 radical (unpaired) electrons. The second-order valence-electron chi connectivity index (χ2n) is 9.89. The van der Waals surface area contributed by atoms with E-state index in [0.717, 1.165) is 30.9 Å². The number of piperidine rings is 1. The molecule has 14 heteroatoms. The number of benzene rings is 2. The molecular formula is C26H27ClF5N5O2S. The number of hydrogen-bond donors (Lipinski definition) is 1. The van der Waals surface area contributed by atoms with Crippen LogP contribution >= 0.6 is 11.6 Å². The van der Waals surface area contributed by atoms with E-state index in [2.05, 4.69) is 9.97 Å². The number of nitrogens with one attached hydrogen (secondary N) is 1. The van der Waals surface area contributed by atoms with E-state index >= 15 is 8.78 Å². The Labute approximate surface area is 234 Å². The van der Waals surface area contributed by atoms with Gasteiger partial charge in [-0.15, -0.1) is 0 Å². The number of hydrogen-bond acceptors (Lipinski definition) is 6. The van der Waals surface area contributed by atoms with Gasteiger partial charge in [-0.3, -0.25) is 4.72 Å². The summed E-state index contributed by atoms with van der Waals surface area (Å²) < 4.78 is 96.9. The molecule has 0 spiro atoms. The van der Waals surface area contributed by atoms with Crippen LogP contribution in [-0.2, 0) is 22.6 Å². The average molecular weight is 604 g/mol. The molecule has 0 saturated carbocycles. The fourth-order valence-corrected chi connectivity index (χ4v) is 6.41. The minimum atomic E-state index is -4.61. The molecule has 40 heavy (non-hydrogen) atoms. The number of nitrogens with zero attached hydrogens (tertiary/aromatic N) is 4. The second kappa shape index (κ2) is 11.5. The molecule has 1 aromatic heterocycles. The van der Waals surface area contributed by atoms with Crippen LogP contribution in [0.3, 0.4) is 0 Å². The number of halogens is 6. The van der Waals surface area contributed by atoms with Crippen molar-refractivity contribution in [3.63, 3.8) is 0 Å². The Balaban J connectivity index is 1.55. The Morgan fingerprint density at radius 1 is 1.12 bits per heavy atom. The summed E-state index contributed by atoms with van der Waals surface area (Å²) in [7, 11) is -0.864. The quantitative estimate of drug-likeness (QED) is 0.330. The zero-order valence-electron chi connectivity index (χ0n) is 21.6. The molecule has 1 aliphatic heterocycles. The molecular weight excluding hydrogens is 577 g/mol. The number of rotatable bonds is 8. The highest BCUT2D eigenvalue weighted by Crippen LogP contribution is 2.37. The minimum absolute atomic E-state index is 0.140. The van der Waals surface area contributed by atoms with Crippen LogP contribution in [0.1, 0.15) is 30.4 Å². The van der Waals surface area contributed by atoms with Gasteiger partial charge in [-0.1, -0.05) is 17.7 Å². The van der Waals surface area contributed by atoms with Gasteiger partial charge in [-0.25, -0.2) is 27.2 Å². The molecule has 1 aliphatic rings. The first-order chi connectivity index (χ1) is 18.7. The van der Waals surface area contributed by atoms with Gasteiger partial charge in [-0.05, 0) is 75.7 Å². The summed E-state index contributed by atoms with van der Waals surface area (Å²) >= 11 is 5.89. The molecule has 0 aliphatic carbocycles. The highest BCUT2D eigenvalue weighted by molar-refractivity contribution is 7.92. The zero-order chi connectivity index (χ0) is 29.3. The largest absolute Gasteiger partial charge is 0.417 e. The molecule has 1 atom stereocenters. The van der Waals surface area contributed by atoms with Gasteiger partial charge < -0.3 is 9.80 Å². The molecule has 1 saturated heterocycles. The van der Waals surface area contributed by atoms with Crippen molar-refractivity contribution < 1.29 is 30.4 Å². The molecule has 1 N–H and O–H groups in total. The van der Waals surface area contributed by atoms with Crippen molar-refractivity contribution in [1.29, 1.82) is 0 Å². The lowest BCUT2D eigenvalue weighted by Crippen LogP contribution is -2.56. The number of anilines is 2. The predicted molar refractivity (Wildman–Crippen MR) is 142 cm³/mol. The maximum atomic E-state index is 15.1. The van der Waals surface area contributed by atoms with Crippen molar-refractivity contribution in [3.8, 4) is 0 Å². The van der Waals surface area contributed by atoms with Crippen LogP contribution in [0.2, 0.25) is 5.02 Å². The number of likely N-dealkylation sites (N-methyl/N-ethyl adjacent to an activating group) is 1. The van der Waals surface area contributed by atoms with E-state index in [0.29, 0.717) is 37.9 Å². The lowest BCUT2D eigenvalue weighted by Gasteiger charge is -2.48. The first kappa shape index (κ1) is 29.9. The minimum Gasteiger partial charge on any atom is -0.370 e. The van der Waals surface area contributed by atoms with Crippen molar-refractivity contribution in [2.24, 2.45) is 0 Å². The van der Waals surface area contributed by atoms with Crippen LogP contribution in [0.5, 0.6) is 0 Å². The average Bonchev–Trinajstić information content (AvgIpc) is 2.86. The smallest absolute Gasteiger partial charge is 0.370 e. The van der Waals surface area contributed by atoms with Gasteiger partial charge in [0, 0.05) is 30.5 Å². The number of sulfonamides is 1. The maximum Gasteiger partial charge on any atom is 0.417 e. The first-order valence-electron chi connectivity index (χ1n) is 12.3. The van der Waals surface area contributed by atoms with E-state index in [1.807, 2.05) is 23.7 Å². The van der Waals surface area contributed by atoms with Gasteiger partial charge in [0.25, 0.3) is 10.0 Å². The molecule has 4 rings (SSSR count). The van der Waals surface area contributed by atoms with Gasteiger partial charge in [-0.2, -0.15) is 13.2 Å². The number of alkyl halides is 3. The fraction of sp³-hybridized carbons (Fsp3) is 0.385. The lowest BCUT2D eigenvalue weighted by molar-refractivity contribution is -0.137. The summed E-state index contributed by atoms with van der Waals surface area (Å²) in [5.41, 5.74) is -0.552. The molecule has 216 valence electrons. The van der Waals surface area contributed by atoms with Crippen molar-refractivity contribution in [3.05, 3.63) is 76.7 Å². The van der Waals surface area contributed by atoms with Gasteiger partial charge in [0.05, 0.1) is 10.6 Å². The molecule has 7 nitrogen and oxygen atoms in total. The molecule has 1 fully saturated rings. The van der Waals surface area contributed by atoms with Gasteiger partial charge in [0.15, 0.2) is 4.90 Å². The van der Waals surface area contributed by atoms with Gasteiger partial charge in [0.1, 0.15) is 23.8 Å². The summed E-state index contributed by atoms with van der Waals surface area (Å²) in [6, 6.07) is 6.90. The molecule has 0 unspecified atom stereocenters. The molecule has 0 bridgehead atoms. The first-order valence-corrected chi connectivity index (χ1v) is 14.1. The second-order valence-corrected chi connectivity index (χ2v) is 11.9. The monoisotopic (exact) mass is 603 g/mol. The fourth-order valence-electron chi connectivity index (χ4n) is 4.97. The Kier molecular flexibility index (Phi) is 8.57. The molecule has 2 aromatic carbocycles. The van der Waals surface area contributed by atoms with Crippen LogP contribution in [0.4, 0.5) is 33.5 Å². The third kappa shape index (κ3) is 6.47. The predicted octanol–water partition coefficient (Wildman–Crippen LogP) is 5.76. The maximum absolute atomic E-state index is 15.1. The number of aryl methyl sites for hydroxylation is 1. The molecule has 3 aromatic rings. The Bertz CT molecular complexity index is 1450. The Morgan fingerprint density at radius 2 is 1.82 bits per heavy atom. The van der Waals surface area contributed by atoms with E-state index in [-0.39, 0.29) is 16.5 Å². The van der Waals surface area contributed by atoms with Crippen molar-refractivity contribution in [2.45, 2.75) is 42.3 Å².